The summed E-state index contributed by atoms with van der Waals surface area (Å²) in [5, 5.41) is 9.95. The molecule has 0 aliphatic heterocycles. The zero-order valence-corrected chi connectivity index (χ0v) is 12.8. The quantitative estimate of drug-likeness (QED) is 0.692. The minimum absolute atomic E-state index is 0.241. The number of aromatic nitrogens is 6. The van der Waals surface area contributed by atoms with Crippen molar-refractivity contribution in [3.8, 4) is 6.01 Å². The Morgan fingerprint density at radius 2 is 1.73 bits per heavy atom. The maximum absolute atomic E-state index is 5.14. The fraction of sp³-hybridized carbons (Fsp3) is 0.308. The lowest BCUT2D eigenvalue weighted by atomic mass is 10.3. The van der Waals surface area contributed by atoms with Gasteiger partial charge in [-0.15, -0.1) is 9.89 Å². The molecule has 0 atom stereocenters. The summed E-state index contributed by atoms with van der Waals surface area (Å²) in [5.74, 6) is 0.907. The fourth-order valence-electron chi connectivity index (χ4n) is 1.93. The van der Waals surface area contributed by atoms with E-state index in [-0.39, 0.29) is 6.01 Å². The van der Waals surface area contributed by atoms with Gasteiger partial charge >= 0.3 is 6.01 Å². The third kappa shape index (κ3) is 2.36. The molecule has 3 aromatic rings. The van der Waals surface area contributed by atoms with E-state index in [0.29, 0.717) is 11.9 Å². The van der Waals surface area contributed by atoms with Crippen LogP contribution >= 0.6 is 0 Å². The number of para-hydroxylation sites is 1. The van der Waals surface area contributed by atoms with Crippen LogP contribution in [-0.4, -0.2) is 58.3 Å². The van der Waals surface area contributed by atoms with Gasteiger partial charge in [0.05, 0.1) is 7.11 Å². The van der Waals surface area contributed by atoms with Crippen LogP contribution in [0.15, 0.2) is 24.3 Å². The maximum atomic E-state index is 5.14. The highest BCUT2D eigenvalue weighted by atomic mass is 16.5. The number of rotatable bonds is 4. The average Bonchev–Trinajstić information content (AvgIpc) is 2.97. The fourth-order valence-corrected chi connectivity index (χ4v) is 1.93. The molecule has 0 aliphatic rings. The van der Waals surface area contributed by atoms with E-state index in [1.165, 1.54) is 7.11 Å². The van der Waals surface area contributed by atoms with Crippen molar-refractivity contribution in [1.82, 2.24) is 30.1 Å². The first-order valence-corrected chi connectivity index (χ1v) is 6.62. The van der Waals surface area contributed by atoms with Gasteiger partial charge in [0, 0.05) is 21.1 Å². The smallest absolute Gasteiger partial charge is 0.322 e. The molecule has 3 rings (SSSR count). The summed E-state index contributed by atoms with van der Waals surface area (Å²) in [6, 6.07) is 7.90. The van der Waals surface area contributed by atoms with Crippen molar-refractivity contribution < 1.29 is 4.74 Å². The SMILES string of the molecule is COc1nc(N(C)C)nc(N(C)n2nnc3ccccc32)n1. The van der Waals surface area contributed by atoms with Crippen LogP contribution in [0.1, 0.15) is 0 Å². The zero-order chi connectivity index (χ0) is 15.7. The molecular formula is C13H16N8O. The Morgan fingerprint density at radius 3 is 2.45 bits per heavy atom. The summed E-state index contributed by atoms with van der Waals surface area (Å²) in [5.41, 5.74) is 1.65. The van der Waals surface area contributed by atoms with Gasteiger partial charge in [0.2, 0.25) is 5.95 Å². The predicted octanol–water partition coefficient (Wildman–Crippen LogP) is 0.590. The first-order chi connectivity index (χ1) is 10.6. The van der Waals surface area contributed by atoms with Crippen molar-refractivity contribution in [2.45, 2.75) is 0 Å². The molecule has 0 fully saturated rings. The first kappa shape index (κ1) is 14.0. The van der Waals surface area contributed by atoms with Gasteiger partial charge in [-0.25, -0.2) is 5.01 Å². The lowest BCUT2D eigenvalue weighted by Gasteiger charge is -2.19. The molecule has 0 bridgehead atoms. The predicted molar refractivity (Wildman–Crippen MR) is 82.0 cm³/mol. The van der Waals surface area contributed by atoms with Crippen LogP contribution in [0.25, 0.3) is 11.0 Å². The van der Waals surface area contributed by atoms with Gasteiger partial charge in [0.25, 0.3) is 5.95 Å². The topological polar surface area (TPSA) is 85.1 Å². The van der Waals surface area contributed by atoms with E-state index >= 15 is 0 Å². The summed E-state index contributed by atoms with van der Waals surface area (Å²) < 4.78 is 5.14. The minimum atomic E-state index is 0.241. The molecule has 22 heavy (non-hydrogen) atoms. The highest BCUT2D eigenvalue weighted by Gasteiger charge is 2.16. The van der Waals surface area contributed by atoms with Gasteiger partial charge in [-0.05, 0) is 17.3 Å². The Bertz CT molecular complexity index is 800. The van der Waals surface area contributed by atoms with Crippen molar-refractivity contribution in [3.63, 3.8) is 0 Å². The van der Waals surface area contributed by atoms with Crippen molar-refractivity contribution in [3.05, 3.63) is 24.3 Å². The molecule has 0 amide bonds. The van der Waals surface area contributed by atoms with E-state index in [2.05, 4.69) is 25.3 Å². The molecule has 9 heteroatoms. The molecule has 0 aliphatic carbocycles. The average molecular weight is 300 g/mol. The number of hydrogen-bond donors (Lipinski definition) is 0. The Labute approximate surface area is 127 Å². The van der Waals surface area contributed by atoms with Gasteiger partial charge in [0.15, 0.2) is 0 Å². The monoisotopic (exact) mass is 300 g/mol. The molecule has 0 saturated heterocycles. The lowest BCUT2D eigenvalue weighted by molar-refractivity contribution is 0.377. The lowest BCUT2D eigenvalue weighted by Crippen LogP contribution is -2.29. The van der Waals surface area contributed by atoms with E-state index < -0.39 is 0 Å². The van der Waals surface area contributed by atoms with E-state index in [4.69, 9.17) is 4.74 Å². The Morgan fingerprint density at radius 1 is 1.00 bits per heavy atom. The molecule has 1 aromatic carbocycles. The van der Waals surface area contributed by atoms with Crippen LogP contribution < -0.4 is 14.6 Å². The van der Waals surface area contributed by atoms with Gasteiger partial charge < -0.3 is 9.64 Å². The highest BCUT2D eigenvalue weighted by molar-refractivity contribution is 5.74. The number of hydrogen-bond acceptors (Lipinski definition) is 8. The van der Waals surface area contributed by atoms with E-state index in [1.54, 1.807) is 21.7 Å². The summed E-state index contributed by atoms with van der Waals surface area (Å²) in [6.45, 7) is 0. The molecule has 2 aromatic heterocycles. The Kier molecular flexibility index (Phi) is 3.45. The van der Waals surface area contributed by atoms with Crippen molar-refractivity contribution >= 4 is 22.9 Å². The second kappa shape index (κ2) is 5.43. The van der Waals surface area contributed by atoms with Gasteiger partial charge in [-0.2, -0.15) is 15.0 Å². The summed E-state index contributed by atoms with van der Waals surface area (Å²) in [6.07, 6.45) is 0. The van der Waals surface area contributed by atoms with Crippen LogP contribution in [-0.2, 0) is 0 Å². The third-order valence-corrected chi connectivity index (χ3v) is 3.08. The van der Waals surface area contributed by atoms with Crippen LogP contribution in [0.3, 0.4) is 0 Å². The van der Waals surface area contributed by atoms with Crippen LogP contribution in [0.5, 0.6) is 6.01 Å². The Hall–Kier alpha value is -2.97. The van der Waals surface area contributed by atoms with Gasteiger partial charge in [-0.1, -0.05) is 12.1 Å². The summed E-state index contributed by atoms with van der Waals surface area (Å²) in [7, 11) is 7.02. The maximum Gasteiger partial charge on any atom is 0.322 e. The summed E-state index contributed by atoms with van der Waals surface area (Å²) >= 11 is 0. The highest BCUT2D eigenvalue weighted by Crippen LogP contribution is 2.18. The van der Waals surface area contributed by atoms with E-state index in [1.807, 2.05) is 38.4 Å². The molecule has 9 nitrogen and oxygen atoms in total. The second-order valence-corrected chi connectivity index (χ2v) is 4.81. The molecular weight excluding hydrogens is 284 g/mol. The first-order valence-electron chi connectivity index (χ1n) is 6.62. The van der Waals surface area contributed by atoms with Crippen molar-refractivity contribution in [2.75, 3.05) is 38.2 Å². The summed E-state index contributed by atoms with van der Waals surface area (Å²) in [4.78, 5) is 16.3. The normalized spacial score (nSPS) is 10.7. The molecule has 0 saturated carbocycles. The standard InChI is InChI=1S/C13H16N8O/c1-19(2)11-14-12(16-13(15-11)22-4)20(3)21-10-8-6-5-7-9(10)17-18-21/h5-8H,1-4H3. The number of ether oxygens (including phenoxy) is 1. The van der Waals surface area contributed by atoms with Crippen LogP contribution in [0.4, 0.5) is 11.9 Å². The number of anilines is 2. The second-order valence-electron chi connectivity index (χ2n) is 4.81. The Balaban J connectivity index is 2.08. The van der Waals surface area contributed by atoms with E-state index in [9.17, 15) is 0 Å². The van der Waals surface area contributed by atoms with Gasteiger partial charge in [0.1, 0.15) is 11.0 Å². The molecule has 0 radical (unpaired) electrons. The zero-order valence-electron chi connectivity index (χ0n) is 12.8. The number of nitrogens with zero attached hydrogens (tertiary/aromatic N) is 8. The molecule has 0 unspecified atom stereocenters. The van der Waals surface area contributed by atoms with Crippen molar-refractivity contribution in [2.24, 2.45) is 0 Å². The number of methoxy groups -OCH3 is 1. The molecule has 114 valence electrons. The molecule has 0 N–H and O–H groups in total. The van der Waals surface area contributed by atoms with Gasteiger partial charge in [-0.3, -0.25) is 0 Å². The third-order valence-electron chi connectivity index (χ3n) is 3.08. The van der Waals surface area contributed by atoms with Crippen molar-refractivity contribution in [1.29, 1.82) is 0 Å². The largest absolute Gasteiger partial charge is 0.467 e. The minimum Gasteiger partial charge on any atom is -0.467 e. The van der Waals surface area contributed by atoms with Crippen LogP contribution in [0, 0.1) is 0 Å². The molecule has 0 spiro atoms. The number of benzene rings is 1. The van der Waals surface area contributed by atoms with Crippen LogP contribution in [0.2, 0.25) is 0 Å². The number of fused-ring (bicyclic) bond motifs is 1. The van der Waals surface area contributed by atoms with E-state index in [0.717, 1.165) is 11.0 Å². The molecule has 2 heterocycles.